The van der Waals surface area contributed by atoms with Crippen LogP contribution >= 0.6 is 85.5 Å². The normalized spacial score (nSPS) is 10.2. The maximum Gasteiger partial charge on any atom is 0.182 e. The summed E-state index contributed by atoms with van der Waals surface area (Å²) in [6.45, 7) is 1.58. The topological polar surface area (TPSA) is 66.0 Å². The molecule has 13 heteroatoms. The van der Waals surface area contributed by atoms with E-state index in [1.165, 1.54) is 42.5 Å². The summed E-state index contributed by atoms with van der Waals surface area (Å²) in [5, 5.41) is 19.0. The first kappa shape index (κ1) is 33.0. The predicted octanol–water partition coefficient (Wildman–Crippen LogP) is 12.1. The second kappa shape index (κ2) is 14.6. The molecule has 0 N–H and O–H groups in total. The largest absolute Gasteiger partial charge is 0.451 e. The van der Waals surface area contributed by atoms with E-state index in [1.807, 2.05) is 12.1 Å². The highest BCUT2D eigenvalue weighted by Crippen LogP contribution is 2.41. The molecule has 0 saturated heterocycles. The van der Waals surface area contributed by atoms with Gasteiger partial charge in [-0.05, 0) is 36.8 Å². The first-order valence-electron chi connectivity index (χ1n) is 11.0. The molecule has 4 aromatic carbocycles. The zero-order chi connectivity index (χ0) is 30.4. The lowest BCUT2D eigenvalue weighted by molar-refractivity contribution is 0.440. The van der Waals surface area contributed by atoms with Crippen molar-refractivity contribution in [1.82, 2.24) is 0 Å². The molecule has 0 amide bonds. The van der Waals surface area contributed by atoms with E-state index in [1.54, 1.807) is 13.0 Å². The van der Waals surface area contributed by atoms with Crippen molar-refractivity contribution in [2.75, 3.05) is 0 Å². The van der Waals surface area contributed by atoms with Crippen LogP contribution in [0.3, 0.4) is 0 Å². The van der Waals surface area contributed by atoms with Gasteiger partial charge in [-0.2, -0.15) is 10.5 Å². The smallest absolute Gasteiger partial charge is 0.182 e. The number of alkyl halides is 1. The number of benzene rings is 4. The van der Waals surface area contributed by atoms with E-state index in [9.17, 15) is 8.78 Å². The van der Waals surface area contributed by atoms with Gasteiger partial charge < -0.3 is 9.47 Å². The second-order valence-electron chi connectivity index (χ2n) is 7.95. The van der Waals surface area contributed by atoms with Gasteiger partial charge in [0, 0.05) is 33.1 Å². The maximum atomic E-state index is 14.3. The SMILES string of the molecule is Cc1ccc(Cl)c(Oc2cc(Cl)cc(C#N)c2Cl)c1F.N#Cc1cc(Cl)cc(Oc2c(Cl)ccc(CBr)c2F)c1Cl. The lowest BCUT2D eigenvalue weighted by Crippen LogP contribution is -1.95. The standard InChI is InChI=1S/C14H6BrCl3FNO.C14H7Cl3FNO/c15-5-7-1-2-10(17)14(13(7)19)21-11-4-9(16)3-8(6-20)12(11)18;1-7-2-3-10(16)14(13(7)18)20-11-5-9(15)4-8(6-19)12(11)17/h1-4H,5H2;2-5H,1H3. The number of hydrogen-bond donors (Lipinski definition) is 0. The summed E-state index contributed by atoms with van der Waals surface area (Å²) >= 11 is 38.8. The van der Waals surface area contributed by atoms with Crippen LogP contribution in [0.1, 0.15) is 22.3 Å². The minimum Gasteiger partial charge on any atom is -0.451 e. The summed E-state index contributed by atoms with van der Waals surface area (Å²) in [7, 11) is 0. The highest BCUT2D eigenvalue weighted by Gasteiger charge is 2.18. The molecule has 4 nitrogen and oxygen atoms in total. The number of nitrogens with zero attached hydrogens (tertiary/aromatic N) is 2. The lowest BCUT2D eigenvalue weighted by Gasteiger charge is -2.13. The van der Waals surface area contributed by atoms with Crippen LogP contribution in [0.4, 0.5) is 8.78 Å². The van der Waals surface area contributed by atoms with E-state index in [0.29, 0.717) is 16.5 Å². The molecule has 0 unspecified atom stereocenters. The Kier molecular flexibility index (Phi) is 11.8. The molecule has 41 heavy (non-hydrogen) atoms. The van der Waals surface area contributed by atoms with Gasteiger partial charge in [-0.15, -0.1) is 0 Å². The molecular weight excluding hydrogens is 727 g/mol. The number of hydrogen-bond acceptors (Lipinski definition) is 4. The minimum absolute atomic E-state index is 0.0432. The number of halogens is 9. The number of nitriles is 2. The van der Waals surface area contributed by atoms with Crippen LogP contribution in [0.15, 0.2) is 48.5 Å². The number of rotatable bonds is 5. The second-order valence-corrected chi connectivity index (χ2v) is 11.0. The third-order valence-electron chi connectivity index (χ3n) is 5.19. The van der Waals surface area contributed by atoms with Gasteiger partial charge in [0.25, 0.3) is 0 Å². The van der Waals surface area contributed by atoms with Crippen LogP contribution < -0.4 is 9.47 Å². The van der Waals surface area contributed by atoms with E-state index in [4.69, 9.17) is 89.6 Å². The van der Waals surface area contributed by atoms with Crippen molar-refractivity contribution in [2.24, 2.45) is 0 Å². The van der Waals surface area contributed by atoms with Gasteiger partial charge >= 0.3 is 0 Å². The van der Waals surface area contributed by atoms with E-state index in [-0.39, 0.29) is 64.3 Å². The maximum absolute atomic E-state index is 14.3. The fourth-order valence-electron chi connectivity index (χ4n) is 3.15. The Bertz CT molecular complexity index is 1720. The molecule has 210 valence electrons. The molecule has 0 radical (unpaired) electrons. The molecule has 0 heterocycles. The molecule has 0 aliphatic rings. The van der Waals surface area contributed by atoms with Crippen molar-refractivity contribution in [1.29, 1.82) is 10.5 Å². The van der Waals surface area contributed by atoms with Crippen LogP contribution in [0, 0.1) is 41.2 Å². The zero-order valence-electron chi connectivity index (χ0n) is 20.4. The first-order valence-corrected chi connectivity index (χ1v) is 14.4. The quantitative estimate of drug-likeness (QED) is 0.191. The summed E-state index contributed by atoms with van der Waals surface area (Å²) in [4.78, 5) is 0. The predicted molar refractivity (Wildman–Crippen MR) is 163 cm³/mol. The Morgan fingerprint density at radius 2 is 1.15 bits per heavy atom. The molecule has 4 rings (SSSR count). The minimum atomic E-state index is -0.603. The Labute approximate surface area is 272 Å². The van der Waals surface area contributed by atoms with E-state index < -0.39 is 11.6 Å². The molecule has 0 aliphatic carbocycles. The van der Waals surface area contributed by atoms with Crippen molar-refractivity contribution in [2.45, 2.75) is 12.3 Å². The molecule has 0 spiro atoms. The number of ether oxygens (including phenoxy) is 2. The summed E-state index contributed by atoms with van der Waals surface area (Å²) in [5.41, 5.74) is 1.03. The fraction of sp³-hybridized carbons (Fsp3) is 0.0714. The average molecular weight is 740 g/mol. The van der Waals surface area contributed by atoms with Gasteiger partial charge in [-0.3, -0.25) is 0 Å². The van der Waals surface area contributed by atoms with Crippen LogP contribution in [-0.4, -0.2) is 0 Å². The summed E-state index contributed by atoms with van der Waals surface area (Å²) in [6.07, 6.45) is 0. The lowest BCUT2D eigenvalue weighted by atomic mass is 10.2. The van der Waals surface area contributed by atoms with Gasteiger partial charge in [0.15, 0.2) is 23.1 Å². The van der Waals surface area contributed by atoms with Crippen molar-refractivity contribution in [3.63, 3.8) is 0 Å². The fourth-order valence-corrected chi connectivity index (χ4v) is 4.75. The van der Waals surface area contributed by atoms with E-state index in [2.05, 4.69) is 15.9 Å². The van der Waals surface area contributed by atoms with Gasteiger partial charge in [-0.25, -0.2) is 8.78 Å². The third-order valence-corrected chi connectivity index (χ3v) is 7.60. The highest BCUT2D eigenvalue weighted by atomic mass is 79.9. The Hall–Kier alpha value is -2.46. The molecule has 0 saturated carbocycles. The van der Waals surface area contributed by atoms with Gasteiger partial charge in [0.2, 0.25) is 0 Å². The first-order chi connectivity index (χ1) is 19.4. The molecule has 0 bridgehead atoms. The summed E-state index contributed by atoms with van der Waals surface area (Å²) in [5.74, 6) is -1.38. The number of aryl methyl sites for hydroxylation is 1. The van der Waals surface area contributed by atoms with Crippen molar-refractivity contribution in [3.05, 3.63) is 113 Å². The Balaban J connectivity index is 0.000000226. The monoisotopic (exact) mass is 736 g/mol. The van der Waals surface area contributed by atoms with E-state index in [0.717, 1.165) is 0 Å². The van der Waals surface area contributed by atoms with Crippen LogP contribution in [0.2, 0.25) is 30.1 Å². The van der Waals surface area contributed by atoms with Crippen LogP contribution in [0.25, 0.3) is 0 Å². The Morgan fingerprint density at radius 1 is 0.707 bits per heavy atom. The van der Waals surface area contributed by atoms with Gasteiger partial charge in [-0.1, -0.05) is 97.7 Å². The van der Waals surface area contributed by atoms with Crippen molar-refractivity contribution < 1.29 is 18.3 Å². The summed E-state index contributed by atoms with van der Waals surface area (Å²) in [6, 6.07) is 15.4. The molecule has 0 aliphatic heterocycles. The van der Waals surface area contributed by atoms with E-state index >= 15 is 0 Å². The zero-order valence-corrected chi connectivity index (χ0v) is 26.6. The molecule has 0 atom stereocenters. The van der Waals surface area contributed by atoms with Crippen molar-refractivity contribution in [3.8, 4) is 35.1 Å². The Morgan fingerprint density at radius 3 is 1.59 bits per heavy atom. The highest BCUT2D eigenvalue weighted by molar-refractivity contribution is 9.08. The third kappa shape index (κ3) is 7.89. The van der Waals surface area contributed by atoms with Gasteiger partial charge in [0.1, 0.15) is 33.7 Å². The molecule has 4 aromatic rings. The van der Waals surface area contributed by atoms with Crippen LogP contribution in [-0.2, 0) is 5.33 Å². The molecule has 0 fully saturated rings. The molecular formula is C28H13BrCl6F2N2O2. The summed E-state index contributed by atoms with van der Waals surface area (Å²) < 4.78 is 39.1. The van der Waals surface area contributed by atoms with Crippen LogP contribution in [0.5, 0.6) is 23.0 Å². The molecule has 0 aromatic heterocycles. The van der Waals surface area contributed by atoms with Gasteiger partial charge in [0.05, 0.1) is 21.2 Å². The van der Waals surface area contributed by atoms with Crippen molar-refractivity contribution >= 4 is 85.5 Å². The average Bonchev–Trinajstić information content (AvgIpc) is 2.94.